The van der Waals surface area contributed by atoms with Crippen LogP contribution in [0.2, 0.25) is 0 Å². The highest BCUT2D eigenvalue weighted by Gasteiger charge is 2.37. The van der Waals surface area contributed by atoms with Crippen LogP contribution in [-0.2, 0) is 6.42 Å². The van der Waals surface area contributed by atoms with E-state index in [0.29, 0.717) is 5.84 Å². The maximum Gasteiger partial charge on any atom is 0.306 e. The van der Waals surface area contributed by atoms with E-state index in [-0.39, 0.29) is 5.54 Å². The number of aromatic nitrogens is 2. The van der Waals surface area contributed by atoms with Crippen LogP contribution < -0.4 is 5.73 Å². The number of rotatable bonds is 3. The van der Waals surface area contributed by atoms with Crippen LogP contribution in [0.3, 0.4) is 0 Å². The molecule has 15 heavy (non-hydrogen) atoms. The molecule has 1 aliphatic carbocycles. The van der Waals surface area contributed by atoms with E-state index in [1.165, 1.54) is 0 Å². The van der Waals surface area contributed by atoms with Crippen molar-refractivity contribution in [2.24, 2.45) is 5.73 Å². The van der Waals surface area contributed by atoms with Crippen molar-refractivity contribution >= 4 is 5.84 Å². The molecule has 0 bridgehead atoms. The molecule has 0 aliphatic heterocycles. The first kappa shape index (κ1) is 8.97. The number of nitrogens with two attached hydrogens (primary N) is 1. The fourth-order valence-electron chi connectivity index (χ4n) is 1.87. The number of hydrogen-bond acceptors (Lipinski definition) is 3. The third-order valence-corrected chi connectivity index (χ3v) is 3.09. The van der Waals surface area contributed by atoms with Gasteiger partial charge < -0.3 is 10.2 Å². The van der Waals surface area contributed by atoms with Crippen molar-refractivity contribution in [3.8, 4) is 0 Å². The molecule has 2 heterocycles. The fourth-order valence-corrected chi connectivity index (χ4v) is 1.87. The van der Waals surface area contributed by atoms with Crippen LogP contribution >= 0.6 is 0 Å². The van der Waals surface area contributed by atoms with Gasteiger partial charge in [-0.1, -0.05) is 0 Å². The molecule has 2 aromatic rings. The van der Waals surface area contributed by atoms with Crippen LogP contribution in [0.4, 0.5) is 0 Å². The molecule has 0 aromatic carbocycles. The number of oxazole rings is 1. The summed E-state index contributed by atoms with van der Waals surface area (Å²) in [7, 11) is 0. The van der Waals surface area contributed by atoms with Gasteiger partial charge in [0.25, 0.3) is 0 Å². The minimum Gasteiger partial charge on any atom is -0.429 e. The van der Waals surface area contributed by atoms with Gasteiger partial charge in [-0.25, -0.2) is 0 Å². The number of imidazole rings is 1. The van der Waals surface area contributed by atoms with E-state index in [1.807, 2.05) is 23.7 Å². The van der Waals surface area contributed by atoms with Crippen LogP contribution in [0.1, 0.15) is 30.7 Å². The van der Waals surface area contributed by atoms with Crippen LogP contribution in [0, 0.1) is 6.92 Å². The van der Waals surface area contributed by atoms with Gasteiger partial charge in [-0.05, 0) is 32.6 Å². The SMILES string of the molecule is Cc1cn2cc(CCC3(N)CC3)nc2o1. The molecule has 0 amide bonds. The molecule has 0 radical (unpaired) electrons. The lowest BCUT2D eigenvalue weighted by Gasteiger charge is -2.04. The van der Waals surface area contributed by atoms with E-state index in [2.05, 4.69) is 4.98 Å². The molecule has 1 aliphatic rings. The van der Waals surface area contributed by atoms with Gasteiger partial charge in [-0.15, -0.1) is 0 Å². The molecule has 2 N–H and O–H groups in total. The first-order chi connectivity index (χ1) is 7.15. The second kappa shape index (κ2) is 2.85. The molecule has 4 heteroatoms. The molecule has 0 unspecified atom stereocenters. The van der Waals surface area contributed by atoms with E-state index in [4.69, 9.17) is 10.2 Å². The van der Waals surface area contributed by atoms with Gasteiger partial charge in [-0.2, -0.15) is 4.98 Å². The summed E-state index contributed by atoms with van der Waals surface area (Å²) < 4.78 is 7.35. The fraction of sp³-hybridized carbons (Fsp3) is 0.545. The van der Waals surface area contributed by atoms with Crippen molar-refractivity contribution in [3.05, 3.63) is 23.8 Å². The van der Waals surface area contributed by atoms with E-state index in [0.717, 1.165) is 37.1 Å². The highest BCUT2D eigenvalue weighted by atomic mass is 16.4. The second-order valence-electron chi connectivity index (χ2n) is 4.63. The Bertz CT molecular complexity index is 461. The molecule has 1 fully saturated rings. The average molecular weight is 205 g/mol. The normalized spacial score (nSPS) is 18.5. The minimum absolute atomic E-state index is 0.112. The summed E-state index contributed by atoms with van der Waals surface area (Å²) in [6.45, 7) is 1.92. The molecular formula is C11H15N3O. The largest absolute Gasteiger partial charge is 0.429 e. The zero-order valence-electron chi connectivity index (χ0n) is 8.86. The Morgan fingerprint density at radius 1 is 1.53 bits per heavy atom. The molecular weight excluding hydrogens is 190 g/mol. The van der Waals surface area contributed by atoms with Crippen molar-refractivity contribution < 1.29 is 4.42 Å². The van der Waals surface area contributed by atoms with Crippen molar-refractivity contribution in [2.45, 2.75) is 38.1 Å². The Kier molecular flexibility index (Phi) is 1.71. The van der Waals surface area contributed by atoms with Gasteiger partial charge in [0, 0.05) is 11.7 Å². The van der Waals surface area contributed by atoms with E-state index < -0.39 is 0 Å². The van der Waals surface area contributed by atoms with Gasteiger partial charge in [0.2, 0.25) is 0 Å². The van der Waals surface area contributed by atoms with Gasteiger partial charge >= 0.3 is 5.84 Å². The zero-order valence-corrected chi connectivity index (χ0v) is 8.86. The molecule has 1 saturated carbocycles. The second-order valence-corrected chi connectivity index (χ2v) is 4.63. The summed E-state index contributed by atoms with van der Waals surface area (Å²) in [5, 5.41) is 0. The van der Waals surface area contributed by atoms with E-state index >= 15 is 0 Å². The topological polar surface area (TPSA) is 56.5 Å². The standard InChI is InChI=1S/C11H15N3O/c1-8-6-14-7-9(13-10(14)15-8)2-3-11(12)4-5-11/h6-7H,2-5,12H2,1H3. The molecule has 2 aromatic heterocycles. The van der Waals surface area contributed by atoms with Gasteiger partial charge in [0.1, 0.15) is 5.76 Å². The Balaban J connectivity index is 1.77. The summed E-state index contributed by atoms with van der Waals surface area (Å²) in [5.74, 6) is 1.57. The summed E-state index contributed by atoms with van der Waals surface area (Å²) in [5.41, 5.74) is 7.22. The molecule has 4 nitrogen and oxygen atoms in total. The summed E-state index contributed by atoms with van der Waals surface area (Å²) >= 11 is 0. The Morgan fingerprint density at radius 3 is 3.00 bits per heavy atom. The van der Waals surface area contributed by atoms with Crippen LogP contribution in [0.5, 0.6) is 0 Å². The maximum absolute atomic E-state index is 6.03. The first-order valence-electron chi connectivity index (χ1n) is 5.38. The monoisotopic (exact) mass is 205 g/mol. The van der Waals surface area contributed by atoms with Crippen molar-refractivity contribution in [1.29, 1.82) is 0 Å². The predicted octanol–water partition coefficient (Wildman–Crippen LogP) is 1.66. The highest BCUT2D eigenvalue weighted by Crippen LogP contribution is 2.36. The Labute approximate surface area is 88.1 Å². The summed E-state index contributed by atoms with van der Waals surface area (Å²) in [6.07, 6.45) is 8.28. The number of nitrogens with zero attached hydrogens (tertiary/aromatic N) is 2. The lowest BCUT2D eigenvalue weighted by Crippen LogP contribution is -2.22. The van der Waals surface area contributed by atoms with Crippen LogP contribution in [0.25, 0.3) is 5.84 Å². The van der Waals surface area contributed by atoms with Crippen LogP contribution in [-0.4, -0.2) is 14.9 Å². The smallest absolute Gasteiger partial charge is 0.306 e. The van der Waals surface area contributed by atoms with Crippen molar-refractivity contribution in [2.75, 3.05) is 0 Å². The lowest BCUT2D eigenvalue weighted by molar-refractivity contribution is 0.559. The first-order valence-corrected chi connectivity index (χ1v) is 5.38. The van der Waals surface area contributed by atoms with Crippen molar-refractivity contribution in [3.63, 3.8) is 0 Å². The average Bonchev–Trinajstić information content (AvgIpc) is 2.64. The van der Waals surface area contributed by atoms with Crippen LogP contribution in [0.15, 0.2) is 16.8 Å². The molecule has 0 atom stereocenters. The summed E-state index contributed by atoms with van der Waals surface area (Å²) in [4.78, 5) is 4.41. The number of hydrogen-bond donors (Lipinski definition) is 1. The predicted molar refractivity (Wildman–Crippen MR) is 56.7 cm³/mol. The molecule has 0 saturated heterocycles. The highest BCUT2D eigenvalue weighted by molar-refractivity contribution is 5.28. The van der Waals surface area contributed by atoms with E-state index in [1.54, 1.807) is 0 Å². The van der Waals surface area contributed by atoms with Gasteiger partial charge in [0.05, 0.1) is 11.9 Å². The molecule has 3 rings (SSSR count). The van der Waals surface area contributed by atoms with Gasteiger partial charge in [0.15, 0.2) is 0 Å². The third kappa shape index (κ3) is 1.65. The zero-order chi connectivity index (χ0) is 10.5. The maximum atomic E-state index is 6.03. The summed E-state index contributed by atoms with van der Waals surface area (Å²) in [6, 6.07) is 0. The van der Waals surface area contributed by atoms with E-state index in [9.17, 15) is 0 Å². The number of fused-ring (bicyclic) bond motifs is 1. The Morgan fingerprint density at radius 2 is 2.33 bits per heavy atom. The quantitative estimate of drug-likeness (QED) is 0.829. The van der Waals surface area contributed by atoms with Crippen molar-refractivity contribution in [1.82, 2.24) is 9.38 Å². The minimum atomic E-state index is 0.112. The van der Waals surface area contributed by atoms with Gasteiger partial charge in [-0.3, -0.25) is 4.40 Å². The number of aryl methyl sites for hydroxylation is 2. The Hall–Kier alpha value is -1.29. The lowest BCUT2D eigenvalue weighted by atomic mass is 10.1. The molecule has 0 spiro atoms. The molecule has 80 valence electrons. The third-order valence-electron chi connectivity index (χ3n) is 3.09.